The van der Waals surface area contributed by atoms with Crippen molar-refractivity contribution in [3.63, 3.8) is 0 Å². The van der Waals surface area contributed by atoms with Crippen molar-refractivity contribution in [2.75, 3.05) is 19.6 Å². The van der Waals surface area contributed by atoms with E-state index in [-0.39, 0.29) is 47.8 Å². The van der Waals surface area contributed by atoms with Gasteiger partial charge in [0.2, 0.25) is 5.91 Å². The number of piperazine rings is 1. The van der Waals surface area contributed by atoms with Crippen LogP contribution >= 0.6 is 0 Å². The van der Waals surface area contributed by atoms with Crippen LogP contribution in [-0.4, -0.2) is 68.1 Å². The van der Waals surface area contributed by atoms with E-state index in [0.29, 0.717) is 24.9 Å². The molecule has 1 saturated heterocycles. The Balaban J connectivity index is 1.43. The molecular formula is C22H25F3N4O3. The molecule has 0 unspecified atom stereocenters. The number of imidazole rings is 1. The molecule has 172 valence electrons. The number of aliphatic hydroxyl groups is 1. The summed E-state index contributed by atoms with van der Waals surface area (Å²) in [5.74, 6) is -0.746. The number of amides is 2. The van der Waals surface area contributed by atoms with Gasteiger partial charge in [-0.2, -0.15) is 13.2 Å². The lowest BCUT2D eigenvalue weighted by atomic mass is 10.0. The van der Waals surface area contributed by atoms with Gasteiger partial charge in [-0.1, -0.05) is 0 Å². The normalized spacial score (nSPS) is 24.6. The molecule has 32 heavy (non-hydrogen) atoms. The zero-order valence-electron chi connectivity index (χ0n) is 17.7. The fraction of sp³-hybridized carbons (Fsp3) is 0.591. The summed E-state index contributed by atoms with van der Waals surface area (Å²) in [6.07, 6.45) is -1.35. The van der Waals surface area contributed by atoms with Crippen molar-refractivity contribution in [2.45, 2.75) is 56.3 Å². The number of benzene rings is 1. The minimum absolute atomic E-state index is 0.0271. The highest BCUT2D eigenvalue weighted by molar-refractivity contribution is 5.98. The lowest BCUT2D eigenvalue weighted by Crippen LogP contribution is -2.55. The van der Waals surface area contributed by atoms with Crippen LogP contribution in [0.15, 0.2) is 12.1 Å². The van der Waals surface area contributed by atoms with Gasteiger partial charge in [-0.15, -0.1) is 0 Å². The number of rotatable bonds is 3. The van der Waals surface area contributed by atoms with Gasteiger partial charge in [0, 0.05) is 26.2 Å². The van der Waals surface area contributed by atoms with E-state index >= 15 is 0 Å². The van der Waals surface area contributed by atoms with Crippen LogP contribution in [0, 0.1) is 0 Å². The fourth-order valence-electron chi connectivity index (χ4n) is 4.97. The summed E-state index contributed by atoms with van der Waals surface area (Å²) in [4.78, 5) is 33.0. The topological polar surface area (TPSA) is 78.7 Å². The molecule has 5 rings (SSSR count). The third kappa shape index (κ3) is 3.64. The first-order valence-electron chi connectivity index (χ1n) is 11.0. The number of nitrogens with zero attached hydrogens (tertiary/aromatic N) is 4. The van der Waals surface area contributed by atoms with Gasteiger partial charge >= 0.3 is 6.18 Å². The molecule has 0 bridgehead atoms. The number of hydrogen-bond donors (Lipinski definition) is 1. The largest absolute Gasteiger partial charge is 0.418 e. The predicted molar refractivity (Wildman–Crippen MR) is 109 cm³/mol. The Labute approximate surface area is 182 Å². The summed E-state index contributed by atoms with van der Waals surface area (Å²) < 4.78 is 42.6. The smallest absolute Gasteiger partial charge is 0.393 e. The maximum atomic E-state index is 13.7. The Hall–Kier alpha value is -2.62. The number of hydrogen-bond acceptors (Lipinski definition) is 4. The standard InChI is InChI=1S/C22H25F3N4O3/c1-27-17-9-13(12-2-3-12)8-16(22(23,24)25)19(17)26-20(27)21(32)28-6-7-29(18(31)11-28)14-4-5-15(30)10-14/h8-9,12,14-15,30H,2-7,10-11H2,1H3/t14-,15-/m1/s1. The molecule has 3 aliphatic rings. The average Bonchev–Trinajstić information content (AvgIpc) is 3.42. The van der Waals surface area contributed by atoms with Crippen molar-refractivity contribution in [1.29, 1.82) is 0 Å². The SMILES string of the molecule is Cn1c(C(=O)N2CCN([C@@H]3CC[C@@H](O)C3)C(=O)C2)nc2c(C(F)(F)F)cc(C3CC3)cc21. The number of aliphatic hydroxyl groups excluding tert-OH is 1. The van der Waals surface area contributed by atoms with Gasteiger partial charge in [-0.25, -0.2) is 4.98 Å². The number of aromatic nitrogens is 2. The molecule has 0 radical (unpaired) electrons. The fourth-order valence-corrected chi connectivity index (χ4v) is 4.97. The van der Waals surface area contributed by atoms with E-state index in [0.717, 1.165) is 25.3 Å². The third-order valence-corrected chi connectivity index (χ3v) is 6.92. The van der Waals surface area contributed by atoms with Crippen molar-refractivity contribution in [3.05, 3.63) is 29.1 Å². The monoisotopic (exact) mass is 450 g/mol. The molecule has 2 heterocycles. The molecular weight excluding hydrogens is 425 g/mol. The van der Waals surface area contributed by atoms with Crippen molar-refractivity contribution in [1.82, 2.24) is 19.4 Å². The lowest BCUT2D eigenvalue weighted by molar-refractivity contribution is -0.138. The van der Waals surface area contributed by atoms with E-state index in [4.69, 9.17) is 0 Å². The Morgan fingerprint density at radius 1 is 1.16 bits per heavy atom. The van der Waals surface area contributed by atoms with E-state index in [1.807, 2.05) is 0 Å². The summed E-state index contributed by atoms with van der Waals surface area (Å²) in [5, 5.41) is 9.75. The van der Waals surface area contributed by atoms with Crippen molar-refractivity contribution in [3.8, 4) is 0 Å². The summed E-state index contributed by atoms with van der Waals surface area (Å²) in [7, 11) is 1.54. The van der Waals surface area contributed by atoms with E-state index in [1.54, 1.807) is 11.0 Å². The second-order valence-electron chi connectivity index (χ2n) is 9.14. The summed E-state index contributed by atoms with van der Waals surface area (Å²) >= 11 is 0. The number of halogens is 3. The van der Waals surface area contributed by atoms with E-state index < -0.39 is 23.8 Å². The summed E-state index contributed by atoms with van der Waals surface area (Å²) in [6, 6.07) is 2.82. The van der Waals surface area contributed by atoms with Gasteiger partial charge in [-0.05, 0) is 55.7 Å². The molecule has 2 saturated carbocycles. The Bertz CT molecular complexity index is 1090. The first-order chi connectivity index (χ1) is 15.1. The number of aryl methyl sites for hydroxylation is 1. The van der Waals surface area contributed by atoms with Crippen molar-refractivity contribution < 1.29 is 27.9 Å². The Kier molecular flexibility index (Phi) is 4.96. The second kappa shape index (κ2) is 7.47. The van der Waals surface area contributed by atoms with Gasteiger partial charge in [0.05, 0.1) is 17.2 Å². The minimum atomic E-state index is -4.58. The molecule has 2 amide bonds. The first-order valence-corrected chi connectivity index (χ1v) is 11.0. The molecule has 3 fully saturated rings. The number of carbonyl (C=O) groups is 2. The van der Waals surface area contributed by atoms with E-state index in [9.17, 15) is 27.9 Å². The Morgan fingerprint density at radius 3 is 2.50 bits per heavy atom. The molecule has 2 aliphatic carbocycles. The highest BCUT2D eigenvalue weighted by Crippen LogP contribution is 2.44. The van der Waals surface area contributed by atoms with Crippen LogP contribution in [-0.2, 0) is 18.0 Å². The lowest BCUT2D eigenvalue weighted by Gasteiger charge is -2.37. The van der Waals surface area contributed by atoms with Crippen LogP contribution < -0.4 is 0 Å². The molecule has 2 atom stereocenters. The van der Waals surface area contributed by atoms with Gasteiger partial charge in [-0.3, -0.25) is 9.59 Å². The van der Waals surface area contributed by atoms with Crippen LogP contribution in [0.5, 0.6) is 0 Å². The van der Waals surface area contributed by atoms with Crippen molar-refractivity contribution >= 4 is 22.8 Å². The highest BCUT2D eigenvalue weighted by atomic mass is 19.4. The Morgan fingerprint density at radius 2 is 1.91 bits per heavy atom. The van der Waals surface area contributed by atoms with Crippen LogP contribution in [0.4, 0.5) is 13.2 Å². The number of fused-ring (bicyclic) bond motifs is 1. The van der Waals surface area contributed by atoms with Gasteiger partial charge in [0.15, 0.2) is 5.82 Å². The summed E-state index contributed by atoms with van der Waals surface area (Å²) in [6.45, 7) is 0.472. The minimum Gasteiger partial charge on any atom is -0.393 e. The first kappa shape index (κ1) is 21.2. The van der Waals surface area contributed by atoms with Gasteiger partial charge in [0.25, 0.3) is 5.91 Å². The zero-order valence-corrected chi connectivity index (χ0v) is 17.7. The maximum Gasteiger partial charge on any atom is 0.418 e. The van der Waals surface area contributed by atoms with E-state index in [2.05, 4.69) is 4.98 Å². The van der Waals surface area contributed by atoms with Crippen molar-refractivity contribution in [2.24, 2.45) is 7.05 Å². The second-order valence-corrected chi connectivity index (χ2v) is 9.14. The maximum absolute atomic E-state index is 13.7. The predicted octanol–water partition coefficient (Wildman–Crippen LogP) is 2.67. The quantitative estimate of drug-likeness (QED) is 0.780. The number of alkyl halides is 3. The molecule has 10 heteroatoms. The van der Waals surface area contributed by atoms with E-state index in [1.165, 1.54) is 16.5 Å². The molecule has 2 aromatic rings. The van der Waals surface area contributed by atoms with Crippen LogP contribution in [0.25, 0.3) is 11.0 Å². The van der Waals surface area contributed by atoms with Crippen LogP contribution in [0.1, 0.15) is 59.8 Å². The third-order valence-electron chi connectivity index (χ3n) is 6.92. The molecule has 7 nitrogen and oxygen atoms in total. The van der Waals surface area contributed by atoms with Gasteiger partial charge < -0.3 is 19.5 Å². The molecule has 1 aromatic heterocycles. The van der Waals surface area contributed by atoms with Gasteiger partial charge in [0.1, 0.15) is 12.1 Å². The number of carbonyl (C=O) groups excluding carboxylic acids is 2. The molecule has 0 spiro atoms. The molecule has 1 aliphatic heterocycles. The summed E-state index contributed by atoms with van der Waals surface area (Å²) in [5.41, 5.74) is -0.172. The molecule has 1 aromatic carbocycles. The zero-order chi connectivity index (χ0) is 22.8. The average molecular weight is 450 g/mol. The van der Waals surface area contributed by atoms with Crippen LogP contribution in [0.2, 0.25) is 0 Å². The molecule has 1 N–H and O–H groups in total. The highest BCUT2D eigenvalue weighted by Gasteiger charge is 2.39. The van der Waals surface area contributed by atoms with Crippen LogP contribution in [0.3, 0.4) is 0 Å².